The molecule has 1 amide bonds. The van der Waals surface area contributed by atoms with Gasteiger partial charge in [0.1, 0.15) is 13.2 Å². The number of amides is 1. The SMILES string of the molecule is CCCCCCCCCCCCCCCCCCCCCCCCCCCCC(O)C(COP(=O)(O)OCC[N+](C)(C)C)NC(=O)CCCCCCCC. The molecule has 8 nitrogen and oxygen atoms in total. The highest BCUT2D eigenvalue weighted by molar-refractivity contribution is 7.47. The zero-order valence-electron chi connectivity index (χ0n) is 36.7. The van der Waals surface area contributed by atoms with Crippen LogP contribution in [-0.4, -0.2) is 73.4 Å². The molecule has 0 aliphatic heterocycles. The van der Waals surface area contributed by atoms with Crippen molar-refractivity contribution < 1.29 is 32.9 Å². The number of hydrogen-bond acceptors (Lipinski definition) is 5. The van der Waals surface area contributed by atoms with Gasteiger partial charge in [-0.3, -0.25) is 13.8 Å². The first kappa shape index (κ1) is 53.5. The van der Waals surface area contributed by atoms with Crippen LogP contribution in [0.15, 0.2) is 0 Å². The number of quaternary nitrogens is 1. The van der Waals surface area contributed by atoms with E-state index in [4.69, 9.17) is 9.05 Å². The van der Waals surface area contributed by atoms with Crippen LogP contribution in [0.4, 0.5) is 0 Å². The Kier molecular flexibility index (Phi) is 37.7. The number of aliphatic hydroxyl groups excluding tert-OH is 1. The molecule has 3 atom stereocenters. The molecule has 3 unspecified atom stereocenters. The molecule has 0 aromatic carbocycles. The van der Waals surface area contributed by atoms with Gasteiger partial charge in [0.25, 0.3) is 0 Å². The zero-order chi connectivity index (χ0) is 40.0. The Morgan fingerprint density at radius 3 is 1.24 bits per heavy atom. The van der Waals surface area contributed by atoms with Crippen molar-refractivity contribution in [2.45, 2.75) is 244 Å². The second kappa shape index (κ2) is 38.0. The summed E-state index contributed by atoms with van der Waals surface area (Å²) in [6.45, 7) is 4.84. The first-order valence-electron chi connectivity index (χ1n) is 23.4. The number of likely N-dealkylation sites (N-methyl/N-ethyl adjacent to an activating group) is 1. The van der Waals surface area contributed by atoms with Crippen molar-refractivity contribution in [3.8, 4) is 0 Å². The summed E-state index contributed by atoms with van der Waals surface area (Å²) in [5.41, 5.74) is 0. The van der Waals surface area contributed by atoms with Gasteiger partial charge in [-0.1, -0.05) is 213 Å². The van der Waals surface area contributed by atoms with E-state index in [2.05, 4.69) is 19.2 Å². The third-order valence-corrected chi connectivity index (χ3v) is 11.8. The quantitative estimate of drug-likeness (QED) is 0.0323. The van der Waals surface area contributed by atoms with E-state index in [1.807, 2.05) is 21.1 Å². The number of nitrogens with zero attached hydrogens (tertiary/aromatic N) is 1. The molecule has 0 aliphatic carbocycles. The normalized spacial score (nSPS) is 14.3. The molecular weight excluding hydrogens is 695 g/mol. The van der Waals surface area contributed by atoms with E-state index < -0.39 is 20.0 Å². The topological polar surface area (TPSA) is 105 Å². The fraction of sp³-hybridized carbons (Fsp3) is 0.978. The average molecular weight is 790 g/mol. The van der Waals surface area contributed by atoms with Crippen molar-refractivity contribution in [3.63, 3.8) is 0 Å². The van der Waals surface area contributed by atoms with Crippen molar-refractivity contribution >= 4 is 13.7 Å². The second-order valence-electron chi connectivity index (χ2n) is 17.5. The zero-order valence-corrected chi connectivity index (χ0v) is 37.6. The van der Waals surface area contributed by atoms with E-state index in [0.29, 0.717) is 23.9 Å². The van der Waals surface area contributed by atoms with Gasteiger partial charge in [-0.25, -0.2) is 4.57 Å². The number of carbonyl (C=O) groups is 1. The lowest BCUT2D eigenvalue weighted by molar-refractivity contribution is -0.870. The van der Waals surface area contributed by atoms with Gasteiger partial charge in [0.2, 0.25) is 5.91 Å². The van der Waals surface area contributed by atoms with E-state index in [1.165, 1.54) is 167 Å². The van der Waals surface area contributed by atoms with Gasteiger partial charge in [0, 0.05) is 6.42 Å². The molecule has 0 aromatic rings. The van der Waals surface area contributed by atoms with Crippen molar-refractivity contribution in [2.24, 2.45) is 0 Å². The molecule has 0 radical (unpaired) electrons. The molecule has 9 heteroatoms. The molecule has 54 heavy (non-hydrogen) atoms. The molecule has 0 bridgehead atoms. The van der Waals surface area contributed by atoms with Gasteiger partial charge in [-0.05, 0) is 12.8 Å². The van der Waals surface area contributed by atoms with Crippen molar-refractivity contribution in [2.75, 3.05) is 40.9 Å². The molecule has 0 aliphatic rings. The highest BCUT2D eigenvalue weighted by Crippen LogP contribution is 2.43. The molecule has 0 spiro atoms. The van der Waals surface area contributed by atoms with E-state index in [0.717, 1.165) is 38.5 Å². The maximum atomic E-state index is 12.7. The van der Waals surface area contributed by atoms with Gasteiger partial charge in [-0.15, -0.1) is 0 Å². The average Bonchev–Trinajstić information content (AvgIpc) is 3.12. The lowest BCUT2D eigenvalue weighted by Crippen LogP contribution is -2.46. The highest BCUT2D eigenvalue weighted by Gasteiger charge is 2.28. The summed E-state index contributed by atoms with van der Waals surface area (Å²) >= 11 is 0. The molecule has 324 valence electrons. The minimum absolute atomic E-state index is 0.0779. The van der Waals surface area contributed by atoms with E-state index >= 15 is 0 Å². The smallest absolute Gasteiger partial charge is 0.391 e. The van der Waals surface area contributed by atoms with Crippen LogP contribution >= 0.6 is 7.82 Å². The number of unbranched alkanes of at least 4 members (excludes halogenated alkanes) is 30. The van der Waals surface area contributed by atoms with Crippen LogP contribution in [0.25, 0.3) is 0 Å². The van der Waals surface area contributed by atoms with Crippen LogP contribution in [0.5, 0.6) is 0 Å². The Morgan fingerprint density at radius 1 is 0.556 bits per heavy atom. The largest absolute Gasteiger partial charge is 0.472 e. The first-order chi connectivity index (χ1) is 26.0. The van der Waals surface area contributed by atoms with Gasteiger partial charge >= 0.3 is 7.82 Å². The summed E-state index contributed by atoms with van der Waals surface area (Å²) in [5, 5.41) is 13.9. The standard InChI is InChI=1S/C45H93N2O6P/c1-6-8-10-12-14-15-16-17-18-19-20-21-22-23-24-25-26-27-28-29-30-31-32-33-34-36-38-44(48)43(46-45(49)39-37-35-13-11-9-7-2)42-53-54(50,51)52-41-40-47(3,4)5/h43-44,48H,6-42H2,1-5H3,(H-,46,49,50,51)/p+1. The molecule has 0 saturated carbocycles. The predicted molar refractivity (Wildman–Crippen MR) is 231 cm³/mol. The number of hydrogen-bond donors (Lipinski definition) is 3. The summed E-state index contributed by atoms with van der Waals surface area (Å²) in [4.78, 5) is 22.9. The number of aliphatic hydroxyl groups is 1. The molecule has 0 fully saturated rings. The van der Waals surface area contributed by atoms with Gasteiger partial charge in [0.15, 0.2) is 0 Å². The molecule has 3 N–H and O–H groups in total. The van der Waals surface area contributed by atoms with Gasteiger partial charge in [0.05, 0.1) is 39.9 Å². The maximum Gasteiger partial charge on any atom is 0.472 e. The van der Waals surface area contributed by atoms with Crippen molar-refractivity contribution in [1.82, 2.24) is 5.32 Å². The summed E-state index contributed by atoms with van der Waals surface area (Å²) < 4.78 is 23.5. The number of phosphoric acid groups is 1. The van der Waals surface area contributed by atoms with E-state index in [1.54, 1.807) is 0 Å². The Morgan fingerprint density at radius 2 is 0.889 bits per heavy atom. The summed E-state index contributed by atoms with van der Waals surface area (Å²) in [5.74, 6) is -0.151. The summed E-state index contributed by atoms with van der Waals surface area (Å²) in [7, 11) is 1.62. The van der Waals surface area contributed by atoms with Crippen LogP contribution in [0.3, 0.4) is 0 Å². The van der Waals surface area contributed by atoms with Crippen molar-refractivity contribution in [1.29, 1.82) is 0 Å². The Labute approximate surface area is 336 Å². The minimum Gasteiger partial charge on any atom is -0.391 e. The fourth-order valence-corrected chi connectivity index (χ4v) is 7.84. The summed E-state index contributed by atoms with van der Waals surface area (Å²) in [6.07, 6.45) is 41.8. The molecule has 0 saturated heterocycles. The Balaban J connectivity index is 3.97. The third kappa shape index (κ3) is 39.7. The maximum absolute atomic E-state index is 12.7. The second-order valence-corrected chi connectivity index (χ2v) is 19.0. The van der Waals surface area contributed by atoms with Crippen LogP contribution in [-0.2, 0) is 18.4 Å². The van der Waals surface area contributed by atoms with E-state index in [-0.39, 0.29) is 19.1 Å². The van der Waals surface area contributed by atoms with Crippen LogP contribution in [0.2, 0.25) is 0 Å². The van der Waals surface area contributed by atoms with Gasteiger partial charge < -0.3 is 19.8 Å². The lowest BCUT2D eigenvalue weighted by Gasteiger charge is -2.26. The molecule has 0 aromatic heterocycles. The molecule has 0 rings (SSSR count). The summed E-state index contributed by atoms with van der Waals surface area (Å²) in [6, 6.07) is -0.751. The lowest BCUT2D eigenvalue weighted by atomic mass is 10.0. The number of phosphoric ester groups is 1. The molecule has 0 heterocycles. The monoisotopic (exact) mass is 790 g/mol. The number of rotatable bonds is 43. The fourth-order valence-electron chi connectivity index (χ4n) is 7.11. The van der Waals surface area contributed by atoms with Gasteiger partial charge in [-0.2, -0.15) is 0 Å². The highest BCUT2D eigenvalue weighted by atomic mass is 31.2. The molecular formula is C45H94N2O6P+. The Bertz CT molecular complexity index is 855. The van der Waals surface area contributed by atoms with E-state index in [9.17, 15) is 19.4 Å². The van der Waals surface area contributed by atoms with Crippen LogP contribution < -0.4 is 5.32 Å². The number of nitrogens with one attached hydrogen (secondary N) is 1. The van der Waals surface area contributed by atoms with Crippen LogP contribution in [0, 0.1) is 0 Å². The third-order valence-electron chi connectivity index (χ3n) is 10.9. The first-order valence-corrected chi connectivity index (χ1v) is 24.9. The predicted octanol–water partition coefficient (Wildman–Crippen LogP) is 13.0. The van der Waals surface area contributed by atoms with Crippen molar-refractivity contribution in [3.05, 3.63) is 0 Å². The number of carbonyl (C=O) groups excluding carboxylic acids is 1. The Hall–Kier alpha value is -0.500. The minimum atomic E-state index is -4.30. The van der Waals surface area contributed by atoms with Crippen LogP contribution in [0.1, 0.15) is 232 Å².